The molecule has 1 atom stereocenters. The monoisotopic (exact) mass is 239 g/mol. The third kappa shape index (κ3) is 2.90. The van der Waals surface area contributed by atoms with Gasteiger partial charge in [0, 0.05) is 12.1 Å². The van der Waals surface area contributed by atoms with Gasteiger partial charge in [0.05, 0.1) is 13.2 Å². The number of rotatable bonds is 5. The molecular weight excluding hydrogens is 218 g/mol. The zero-order chi connectivity index (χ0) is 13.0. The lowest BCUT2D eigenvalue weighted by Crippen LogP contribution is -2.18. The zero-order valence-corrected chi connectivity index (χ0v) is 10.8. The fraction of sp³-hybridized carbons (Fsp3) is 0.538. The Morgan fingerprint density at radius 2 is 2.00 bits per heavy atom. The SMILES string of the molecule is CNCC(O)c1c(C(C)C)ccc(OC)c1O. The summed E-state index contributed by atoms with van der Waals surface area (Å²) >= 11 is 0. The first-order chi connectivity index (χ1) is 8.02. The first-order valence-corrected chi connectivity index (χ1v) is 5.75. The number of aromatic hydroxyl groups is 1. The first-order valence-electron chi connectivity index (χ1n) is 5.75. The highest BCUT2D eigenvalue weighted by molar-refractivity contribution is 5.52. The van der Waals surface area contributed by atoms with E-state index in [1.54, 1.807) is 13.1 Å². The van der Waals surface area contributed by atoms with Crippen LogP contribution in [0.25, 0.3) is 0 Å². The number of benzene rings is 1. The molecule has 0 aliphatic rings. The fourth-order valence-electron chi connectivity index (χ4n) is 1.92. The molecule has 1 rings (SSSR count). The molecule has 0 aliphatic heterocycles. The van der Waals surface area contributed by atoms with Crippen LogP contribution in [0, 0.1) is 0 Å². The van der Waals surface area contributed by atoms with E-state index >= 15 is 0 Å². The summed E-state index contributed by atoms with van der Waals surface area (Å²) < 4.78 is 5.07. The van der Waals surface area contributed by atoms with Gasteiger partial charge < -0.3 is 20.3 Å². The van der Waals surface area contributed by atoms with Gasteiger partial charge in [-0.15, -0.1) is 0 Å². The van der Waals surface area contributed by atoms with Gasteiger partial charge in [0.25, 0.3) is 0 Å². The van der Waals surface area contributed by atoms with Crippen molar-refractivity contribution in [1.82, 2.24) is 5.32 Å². The third-order valence-corrected chi connectivity index (χ3v) is 2.79. The maximum Gasteiger partial charge on any atom is 0.163 e. The van der Waals surface area contributed by atoms with Gasteiger partial charge in [0.1, 0.15) is 0 Å². The van der Waals surface area contributed by atoms with E-state index in [1.165, 1.54) is 7.11 Å². The molecule has 0 heterocycles. The summed E-state index contributed by atoms with van der Waals surface area (Å²) in [7, 11) is 3.26. The number of aliphatic hydroxyl groups is 1. The molecule has 0 radical (unpaired) electrons. The summed E-state index contributed by atoms with van der Waals surface area (Å²) in [6.07, 6.45) is -0.743. The van der Waals surface area contributed by atoms with Crippen LogP contribution in [0.2, 0.25) is 0 Å². The van der Waals surface area contributed by atoms with Crippen molar-refractivity contribution in [1.29, 1.82) is 0 Å². The van der Waals surface area contributed by atoms with E-state index in [0.29, 0.717) is 17.9 Å². The zero-order valence-electron chi connectivity index (χ0n) is 10.8. The molecule has 96 valence electrons. The van der Waals surface area contributed by atoms with Crippen LogP contribution in [-0.4, -0.2) is 30.9 Å². The number of aliphatic hydroxyl groups excluding tert-OH is 1. The predicted octanol–water partition coefficient (Wildman–Crippen LogP) is 1.78. The average Bonchev–Trinajstić information content (AvgIpc) is 2.28. The van der Waals surface area contributed by atoms with E-state index in [1.807, 2.05) is 19.9 Å². The van der Waals surface area contributed by atoms with Gasteiger partial charge in [-0.1, -0.05) is 19.9 Å². The number of hydrogen-bond acceptors (Lipinski definition) is 4. The Morgan fingerprint density at radius 3 is 2.47 bits per heavy atom. The maximum absolute atomic E-state index is 10.1. The van der Waals surface area contributed by atoms with Crippen molar-refractivity contribution >= 4 is 0 Å². The highest BCUT2D eigenvalue weighted by Crippen LogP contribution is 2.38. The summed E-state index contributed by atoms with van der Waals surface area (Å²) in [5.74, 6) is 0.648. The van der Waals surface area contributed by atoms with Gasteiger partial charge in [-0.05, 0) is 24.6 Å². The van der Waals surface area contributed by atoms with Gasteiger partial charge in [0.2, 0.25) is 0 Å². The molecule has 4 nitrogen and oxygen atoms in total. The van der Waals surface area contributed by atoms with Crippen molar-refractivity contribution in [2.45, 2.75) is 25.9 Å². The van der Waals surface area contributed by atoms with Crippen LogP contribution >= 0.6 is 0 Å². The predicted molar refractivity (Wildman–Crippen MR) is 67.6 cm³/mol. The summed E-state index contributed by atoms with van der Waals surface area (Å²) in [5, 5.41) is 23.1. The van der Waals surface area contributed by atoms with Crippen molar-refractivity contribution < 1.29 is 14.9 Å². The molecule has 0 saturated carbocycles. The second-order valence-electron chi connectivity index (χ2n) is 4.35. The summed E-state index contributed by atoms with van der Waals surface area (Å²) in [6, 6.07) is 3.61. The molecule has 0 amide bonds. The van der Waals surface area contributed by atoms with Crippen LogP contribution in [0.4, 0.5) is 0 Å². The van der Waals surface area contributed by atoms with Gasteiger partial charge in [-0.25, -0.2) is 0 Å². The van der Waals surface area contributed by atoms with E-state index in [4.69, 9.17) is 4.74 Å². The molecule has 1 unspecified atom stereocenters. The van der Waals surface area contributed by atoms with Gasteiger partial charge >= 0.3 is 0 Å². The first kappa shape index (κ1) is 13.8. The van der Waals surface area contributed by atoms with Gasteiger partial charge in [-0.3, -0.25) is 0 Å². The number of ether oxygens (including phenoxy) is 1. The Morgan fingerprint density at radius 1 is 1.35 bits per heavy atom. The highest BCUT2D eigenvalue weighted by atomic mass is 16.5. The molecule has 1 aromatic rings. The summed E-state index contributed by atoms with van der Waals surface area (Å²) in [5.41, 5.74) is 1.49. The molecule has 0 spiro atoms. The van der Waals surface area contributed by atoms with Crippen LogP contribution in [-0.2, 0) is 0 Å². The molecule has 4 heteroatoms. The lowest BCUT2D eigenvalue weighted by atomic mass is 9.92. The van der Waals surface area contributed by atoms with Crippen LogP contribution < -0.4 is 10.1 Å². The lowest BCUT2D eigenvalue weighted by Gasteiger charge is -2.20. The van der Waals surface area contributed by atoms with Gasteiger partial charge in [0.15, 0.2) is 11.5 Å². The Balaban J connectivity index is 3.29. The second kappa shape index (κ2) is 5.89. The number of likely N-dealkylation sites (N-methyl/N-ethyl adjacent to an activating group) is 1. The molecule has 0 aliphatic carbocycles. The molecule has 3 N–H and O–H groups in total. The minimum atomic E-state index is -0.743. The van der Waals surface area contributed by atoms with Crippen LogP contribution in [0.1, 0.15) is 37.0 Å². The smallest absolute Gasteiger partial charge is 0.163 e. The minimum absolute atomic E-state index is 0.0291. The van der Waals surface area contributed by atoms with Crippen molar-refractivity contribution in [3.8, 4) is 11.5 Å². The molecule has 17 heavy (non-hydrogen) atoms. The van der Waals surface area contributed by atoms with Crippen molar-refractivity contribution in [3.05, 3.63) is 23.3 Å². The molecule has 0 aromatic heterocycles. The van der Waals surface area contributed by atoms with E-state index < -0.39 is 6.10 Å². The lowest BCUT2D eigenvalue weighted by molar-refractivity contribution is 0.171. The van der Waals surface area contributed by atoms with Crippen molar-refractivity contribution in [3.63, 3.8) is 0 Å². The number of hydrogen-bond donors (Lipinski definition) is 3. The highest BCUT2D eigenvalue weighted by Gasteiger charge is 2.21. The average molecular weight is 239 g/mol. The normalized spacial score (nSPS) is 12.8. The van der Waals surface area contributed by atoms with Crippen molar-refractivity contribution in [2.24, 2.45) is 0 Å². The van der Waals surface area contributed by atoms with E-state index in [0.717, 1.165) is 5.56 Å². The number of phenols is 1. The molecule has 0 saturated heterocycles. The Hall–Kier alpha value is -1.26. The summed E-state index contributed by atoms with van der Waals surface area (Å²) in [6.45, 7) is 4.44. The number of methoxy groups -OCH3 is 1. The molecule has 0 fully saturated rings. The minimum Gasteiger partial charge on any atom is -0.504 e. The van der Waals surface area contributed by atoms with Crippen LogP contribution in [0.3, 0.4) is 0 Å². The third-order valence-electron chi connectivity index (χ3n) is 2.79. The molecule has 0 bridgehead atoms. The number of nitrogens with one attached hydrogen (secondary N) is 1. The Labute approximate surface area is 102 Å². The maximum atomic E-state index is 10.1. The second-order valence-corrected chi connectivity index (χ2v) is 4.35. The van der Waals surface area contributed by atoms with Gasteiger partial charge in [-0.2, -0.15) is 0 Å². The molecular formula is C13H21NO3. The van der Waals surface area contributed by atoms with Crippen molar-refractivity contribution in [2.75, 3.05) is 20.7 Å². The number of phenolic OH excluding ortho intramolecular Hbond substituents is 1. The summed E-state index contributed by atoms with van der Waals surface area (Å²) in [4.78, 5) is 0. The Kier molecular flexibility index (Phi) is 4.78. The van der Waals surface area contributed by atoms with Crippen LogP contribution in [0.5, 0.6) is 11.5 Å². The van der Waals surface area contributed by atoms with E-state index in [9.17, 15) is 10.2 Å². The largest absolute Gasteiger partial charge is 0.504 e. The quantitative estimate of drug-likeness (QED) is 0.733. The fourth-order valence-corrected chi connectivity index (χ4v) is 1.92. The standard InChI is InChI=1S/C13H21NO3/c1-8(2)9-5-6-11(17-4)13(16)12(9)10(15)7-14-3/h5-6,8,10,14-16H,7H2,1-4H3. The van der Waals surface area contributed by atoms with E-state index in [2.05, 4.69) is 5.32 Å². The molecule has 1 aromatic carbocycles. The topological polar surface area (TPSA) is 61.7 Å². The van der Waals surface area contributed by atoms with Crippen LogP contribution in [0.15, 0.2) is 12.1 Å². The Bertz CT molecular complexity index is 377. The van der Waals surface area contributed by atoms with E-state index in [-0.39, 0.29) is 11.7 Å².